The highest BCUT2D eigenvalue weighted by atomic mass is 35.5. The molecule has 0 spiro atoms. The minimum absolute atomic E-state index is 0.171. The Kier molecular flexibility index (Phi) is 4.58. The summed E-state index contributed by atoms with van der Waals surface area (Å²) >= 11 is 6.21. The molecule has 1 aliphatic carbocycles. The second-order valence-electron chi connectivity index (χ2n) is 6.23. The number of benzene rings is 1. The van der Waals surface area contributed by atoms with E-state index in [1.807, 2.05) is 6.07 Å². The summed E-state index contributed by atoms with van der Waals surface area (Å²) in [7, 11) is -2.12. The van der Waals surface area contributed by atoms with Gasteiger partial charge in [-0.2, -0.15) is 5.10 Å². The highest BCUT2D eigenvalue weighted by Crippen LogP contribution is 2.39. The number of anilines is 2. The molecule has 140 valence electrons. The van der Waals surface area contributed by atoms with Crippen molar-refractivity contribution in [3.8, 4) is 11.4 Å². The van der Waals surface area contributed by atoms with Crippen LogP contribution in [0.1, 0.15) is 24.5 Å². The van der Waals surface area contributed by atoms with Crippen molar-refractivity contribution >= 4 is 33.3 Å². The van der Waals surface area contributed by atoms with E-state index in [1.165, 1.54) is 38.2 Å². The van der Waals surface area contributed by atoms with E-state index in [0.717, 1.165) is 5.69 Å². The maximum atomic E-state index is 11.8. The summed E-state index contributed by atoms with van der Waals surface area (Å²) in [6.07, 6.45) is 3.86. The van der Waals surface area contributed by atoms with Crippen LogP contribution in [0, 0.1) is 0 Å². The molecule has 0 aliphatic heterocycles. The van der Waals surface area contributed by atoms with Crippen molar-refractivity contribution in [3.63, 3.8) is 0 Å². The number of halogens is 1. The summed E-state index contributed by atoms with van der Waals surface area (Å²) in [5, 5.41) is 10.7. The van der Waals surface area contributed by atoms with Crippen molar-refractivity contribution in [1.29, 1.82) is 0 Å². The number of aromatic amines is 1. The molecule has 3 N–H and O–H groups in total. The van der Waals surface area contributed by atoms with Gasteiger partial charge in [-0.25, -0.2) is 23.1 Å². The van der Waals surface area contributed by atoms with Crippen LogP contribution in [0.15, 0.2) is 41.4 Å². The fourth-order valence-electron chi connectivity index (χ4n) is 2.62. The van der Waals surface area contributed by atoms with Crippen LogP contribution in [0.5, 0.6) is 0 Å². The zero-order valence-electron chi connectivity index (χ0n) is 14.4. The van der Waals surface area contributed by atoms with Gasteiger partial charge in [0.25, 0.3) is 0 Å². The highest BCUT2D eigenvalue weighted by molar-refractivity contribution is 7.89. The summed E-state index contributed by atoms with van der Waals surface area (Å²) in [6.45, 7) is 0. The summed E-state index contributed by atoms with van der Waals surface area (Å²) in [4.78, 5) is 8.85. The normalized spacial score (nSPS) is 14.3. The monoisotopic (exact) mass is 404 g/mol. The van der Waals surface area contributed by atoms with Gasteiger partial charge in [-0.15, -0.1) is 0 Å². The standard InChI is InChI=1S/C17H17ClN6O2S/c1-19-27(25,26)12-6-4-11(5-7-12)16-20-9-13(18)17(22-16)21-15-8-14(23-24-15)10-2-3-10/h4-10,19H,2-3H2,1H3,(H2,20,21,22,23,24). The first-order valence-electron chi connectivity index (χ1n) is 8.35. The summed E-state index contributed by atoms with van der Waals surface area (Å²) in [5.74, 6) is 2.06. The minimum atomic E-state index is -3.49. The molecular weight excluding hydrogens is 388 g/mol. The van der Waals surface area contributed by atoms with Gasteiger partial charge in [0.05, 0.1) is 11.1 Å². The van der Waals surface area contributed by atoms with Gasteiger partial charge in [-0.3, -0.25) is 5.10 Å². The van der Waals surface area contributed by atoms with Crippen LogP contribution >= 0.6 is 11.6 Å². The molecule has 4 rings (SSSR count). The molecule has 1 fully saturated rings. The van der Waals surface area contributed by atoms with E-state index < -0.39 is 10.0 Å². The van der Waals surface area contributed by atoms with Crippen LogP contribution in [-0.4, -0.2) is 35.6 Å². The van der Waals surface area contributed by atoms with Crippen molar-refractivity contribution in [3.05, 3.63) is 47.2 Å². The number of aromatic nitrogens is 4. The molecule has 1 aromatic carbocycles. The van der Waals surface area contributed by atoms with E-state index in [9.17, 15) is 8.42 Å². The van der Waals surface area contributed by atoms with Crippen molar-refractivity contribution in [1.82, 2.24) is 24.9 Å². The summed E-state index contributed by atoms with van der Waals surface area (Å²) in [5.41, 5.74) is 1.77. The topological polar surface area (TPSA) is 113 Å². The lowest BCUT2D eigenvalue weighted by molar-refractivity contribution is 0.588. The van der Waals surface area contributed by atoms with Crippen LogP contribution in [-0.2, 0) is 10.0 Å². The number of hydrogen-bond donors (Lipinski definition) is 3. The van der Waals surface area contributed by atoms with Gasteiger partial charge in [0.1, 0.15) is 5.02 Å². The number of nitrogens with one attached hydrogen (secondary N) is 3. The zero-order valence-corrected chi connectivity index (χ0v) is 16.0. The molecule has 2 aromatic heterocycles. The third kappa shape index (κ3) is 3.80. The Morgan fingerprint density at radius 2 is 1.96 bits per heavy atom. The molecule has 1 saturated carbocycles. The number of nitrogens with zero attached hydrogens (tertiary/aromatic N) is 3. The molecule has 0 bridgehead atoms. The van der Waals surface area contributed by atoms with Crippen molar-refractivity contribution in [2.75, 3.05) is 12.4 Å². The lowest BCUT2D eigenvalue weighted by Gasteiger charge is -2.08. The first kappa shape index (κ1) is 17.9. The average molecular weight is 405 g/mol. The Balaban J connectivity index is 1.59. The predicted octanol–water partition coefficient (Wildman–Crippen LogP) is 3.05. The van der Waals surface area contributed by atoms with E-state index in [0.29, 0.717) is 34.0 Å². The van der Waals surface area contributed by atoms with Gasteiger partial charge in [-0.1, -0.05) is 11.6 Å². The molecule has 0 radical (unpaired) electrons. The van der Waals surface area contributed by atoms with Gasteiger partial charge in [0.15, 0.2) is 17.5 Å². The van der Waals surface area contributed by atoms with Crippen molar-refractivity contribution in [2.24, 2.45) is 0 Å². The molecule has 1 aliphatic rings. The van der Waals surface area contributed by atoms with E-state index in [2.05, 4.69) is 30.2 Å². The second kappa shape index (κ2) is 6.91. The molecule has 8 nitrogen and oxygen atoms in total. The number of sulfonamides is 1. The third-order valence-corrected chi connectivity index (χ3v) is 6.00. The predicted molar refractivity (Wildman–Crippen MR) is 103 cm³/mol. The number of rotatable bonds is 6. The Hall–Kier alpha value is -2.49. The molecule has 0 saturated heterocycles. The molecular formula is C17H17ClN6O2S. The van der Waals surface area contributed by atoms with Crippen LogP contribution in [0.2, 0.25) is 5.02 Å². The largest absolute Gasteiger partial charge is 0.322 e. The molecule has 0 unspecified atom stereocenters. The van der Waals surface area contributed by atoms with Crippen LogP contribution in [0.3, 0.4) is 0 Å². The summed E-state index contributed by atoms with van der Waals surface area (Å²) in [6, 6.07) is 8.25. The average Bonchev–Trinajstić information content (AvgIpc) is 3.43. The lowest BCUT2D eigenvalue weighted by Crippen LogP contribution is -2.18. The fourth-order valence-corrected chi connectivity index (χ4v) is 3.49. The Labute approximate surface area is 161 Å². The van der Waals surface area contributed by atoms with Gasteiger partial charge in [0.2, 0.25) is 10.0 Å². The van der Waals surface area contributed by atoms with Crippen LogP contribution in [0.4, 0.5) is 11.6 Å². The molecule has 27 heavy (non-hydrogen) atoms. The maximum Gasteiger partial charge on any atom is 0.240 e. The minimum Gasteiger partial charge on any atom is -0.322 e. The van der Waals surface area contributed by atoms with Crippen LogP contribution in [0.25, 0.3) is 11.4 Å². The molecule has 3 aromatic rings. The Morgan fingerprint density at radius 1 is 1.22 bits per heavy atom. The maximum absolute atomic E-state index is 11.8. The zero-order chi connectivity index (χ0) is 19.0. The first-order valence-corrected chi connectivity index (χ1v) is 10.2. The van der Waals surface area contributed by atoms with Gasteiger partial charge in [0, 0.05) is 23.2 Å². The SMILES string of the molecule is CNS(=O)(=O)c1ccc(-c2ncc(Cl)c(Nc3cc(C4CC4)[nH]n3)n2)cc1. The van der Waals surface area contributed by atoms with Crippen molar-refractivity contribution in [2.45, 2.75) is 23.7 Å². The molecule has 2 heterocycles. The van der Waals surface area contributed by atoms with Gasteiger partial charge < -0.3 is 5.32 Å². The first-order chi connectivity index (χ1) is 13.0. The van der Waals surface area contributed by atoms with E-state index in [1.54, 1.807) is 12.1 Å². The molecule has 0 amide bonds. The lowest BCUT2D eigenvalue weighted by atomic mass is 10.2. The van der Waals surface area contributed by atoms with E-state index in [-0.39, 0.29) is 4.90 Å². The second-order valence-corrected chi connectivity index (χ2v) is 8.52. The van der Waals surface area contributed by atoms with E-state index in [4.69, 9.17) is 11.6 Å². The number of H-pyrrole nitrogens is 1. The quantitative estimate of drug-likeness (QED) is 0.582. The van der Waals surface area contributed by atoms with Gasteiger partial charge in [-0.05, 0) is 44.2 Å². The number of hydrogen-bond acceptors (Lipinski definition) is 6. The van der Waals surface area contributed by atoms with Gasteiger partial charge >= 0.3 is 0 Å². The summed E-state index contributed by atoms with van der Waals surface area (Å²) < 4.78 is 25.9. The Bertz CT molecular complexity index is 1080. The van der Waals surface area contributed by atoms with Crippen molar-refractivity contribution < 1.29 is 8.42 Å². The Morgan fingerprint density at radius 3 is 2.63 bits per heavy atom. The smallest absolute Gasteiger partial charge is 0.240 e. The third-order valence-electron chi connectivity index (χ3n) is 4.30. The highest BCUT2D eigenvalue weighted by Gasteiger charge is 2.25. The fraction of sp³-hybridized carbons (Fsp3) is 0.235. The van der Waals surface area contributed by atoms with E-state index >= 15 is 0 Å². The van der Waals surface area contributed by atoms with Crippen LogP contribution < -0.4 is 10.0 Å². The molecule has 10 heteroatoms. The molecule has 0 atom stereocenters.